The molecule has 2 aromatic heterocycles. The van der Waals surface area contributed by atoms with Gasteiger partial charge in [-0.1, -0.05) is 23.7 Å². The van der Waals surface area contributed by atoms with Crippen LogP contribution in [0.4, 0.5) is 15.9 Å². The number of ketones is 1. The molecule has 0 aliphatic rings. The zero-order valence-electron chi connectivity index (χ0n) is 18.5. The number of aromatic nitrogens is 3. The molecule has 0 aliphatic heterocycles. The highest BCUT2D eigenvalue weighted by molar-refractivity contribution is 7.92. The zero-order chi connectivity index (χ0) is 24.8. The number of halogens is 2. The van der Waals surface area contributed by atoms with Gasteiger partial charge in [0.15, 0.2) is 5.78 Å². The lowest BCUT2D eigenvalue weighted by molar-refractivity contribution is 0.104. The Labute approximate surface area is 200 Å². The van der Waals surface area contributed by atoms with Crippen molar-refractivity contribution in [3.05, 3.63) is 76.5 Å². The second-order valence-electron chi connectivity index (χ2n) is 8.04. The summed E-state index contributed by atoms with van der Waals surface area (Å²) < 4.78 is 43.5. The van der Waals surface area contributed by atoms with Gasteiger partial charge >= 0.3 is 0 Å². The second kappa shape index (κ2) is 8.69. The Balaban J connectivity index is 1.76. The first kappa shape index (κ1) is 23.7. The normalized spacial score (nSPS) is 11.8. The molecule has 0 fully saturated rings. The number of hydrogen-bond donors (Lipinski definition) is 2. The molecule has 0 radical (unpaired) electrons. The van der Waals surface area contributed by atoms with Crippen LogP contribution in [0.3, 0.4) is 0 Å². The molecule has 0 spiro atoms. The minimum absolute atomic E-state index is 0.0151. The van der Waals surface area contributed by atoms with Crippen molar-refractivity contribution >= 4 is 49.9 Å². The lowest BCUT2D eigenvalue weighted by Crippen LogP contribution is -2.14. The molecule has 11 heteroatoms. The highest BCUT2D eigenvalue weighted by atomic mass is 35.5. The Kier molecular flexibility index (Phi) is 6.05. The number of carbonyl (C=O) groups is 1. The number of sulfonamides is 1. The lowest BCUT2D eigenvalue weighted by Gasteiger charge is -2.12. The van der Waals surface area contributed by atoms with E-state index in [1.54, 1.807) is 25.3 Å². The van der Waals surface area contributed by atoms with Gasteiger partial charge in [-0.2, -0.15) is 0 Å². The number of nitrogens with two attached hydrogens (primary N) is 1. The number of aryl methyl sites for hydroxylation is 1. The molecule has 0 bridgehead atoms. The van der Waals surface area contributed by atoms with Crippen molar-refractivity contribution in [2.75, 3.05) is 10.5 Å². The maximum Gasteiger partial charge on any atom is 0.261 e. The molecule has 3 N–H and O–H groups in total. The molecule has 0 atom stereocenters. The Bertz CT molecular complexity index is 1550. The Morgan fingerprint density at radius 1 is 1.18 bits per heavy atom. The van der Waals surface area contributed by atoms with E-state index in [9.17, 15) is 17.6 Å². The summed E-state index contributed by atoms with van der Waals surface area (Å²) in [6.07, 6.45) is 3.01. The summed E-state index contributed by atoms with van der Waals surface area (Å²) in [4.78, 5) is 21.6. The molecule has 4 aromatic rings. The van der Waals surface area contributed by atoms with Crippen molar-refractivity contribution in [1.29, 1.82) is 0 Å². The van der Waals surface area contributed by atoms with E-state index in [0.717, 1.165) is 18.2 Å². The average molecular weight is 502 g/mol. The third kappa shape index (κ3) is 4.22. The minimum atomic E-state index is -4.09. The first-order valence-corrected chi connectivity index (χ1v) is 12.1. The third-order valence-corrected chi connectivity index (χ3v) is 7.04. The average Bonchev–Trinajstić information content (AvgIpc) is 3.18. The van der Waals surface area contributed by atoms with Crippen LogP contribution in [0.2, 0.25) is 5.02 Å². The van der Waals surface area contributed by atoms with E-state index < -0.39 is 15.8 Å². The predicted molar refractivity (Wildman–Crippen MR) is 129 cm³/mol. The Morgan fingerprint density at radius 3 is 2.59 bits per heavy atom. The van der Waals surface area contributed by atoms with Crippen molar-refractivity contribution in [3.8, 4) is 0 Å². The van der Waals surface area contributed by atoms with Crippen LogP contribution in [0.25, 0.3) is 11.0 Å². The number of fused-ring (bicyclic) bond motifs is 1. The van der Waals surface area contributed by atoms with Crippen LogP contribution >= 0.6 is 11.6 Å². The molecule has 34 heavy (non-hydrogen) atoms. The number of nitrogens with zero attached hydrogens (tertiary/aromatic N) is 3. The summed E-state index contributed by atoms with van der Waals surface area (Å²) in [6.45, 7) is 5.60. The second-order valence-corrected chi connectivity index (χ2v) is 10.1. The van der Waals surface area contributed by atoms with Crippen molar-refractivity contribution in [2.45, 2.75) is 31.7 Å². The number of carbonyl (C=O) groups excluding carboxylic acids is 1. The predicted octanol–water partition coefficient (Wildman–Crippen LogP) is 4.73. The highest BCUT2D eigenvalue weighted by Gasteiger charge is 2.23. The van der Waals surface area contributed by atoms with Crippen LogP contribution in [0.15, 0.2) is 53.8 Å². The summed E-state index contributed by atoms with van der Waals surface area (Å²) in [5, 5.41) is 0.120. The van der Waals surface area contributed by atoms with Gasteiger partial charge in [0.2, 0.25) is 0 Å². The van der Waals surface area contributed by atoms with Crippen molar-refractivity contribution in [3.63, 3.8) is 0 Å². The largest absolute Gasteiger partial charge is 0.383 e. The fraction of sp³-hybridized carbons (Fsp3) is 0.174. The van der Waals surface area contributed by atoms with E-state index in [0.29, 0.717) is 22.2 Å². The first-order valence-electron chi connectivity index (χ1n) is 10.2. The van der Waals surface area contributed by atoms with Crippen molar-refractivity contribution < 1.29 is 17.6 Å². The number of benzene rings is 2. The van der Waals surface area contributed by atoms with Crippen LogP contribution < -0.4 is 10.5 Å². The Hall–Kier alpha value is -3.50. The molecule has 176 valence electrons. The number of nitrogen functional groups attached to an aromatic ring is 1. The molecule has 0 saturated heterocycles. The monoisotopic (exact) mass is 501 g/mol. The summed E-state index contributed by atoms with van der Waals surface area (Å²) in [7, 11) is -4.09. The molecule has 2 aromatic carbocycles. The highest BCUT2D eigenvalue weighted by Crippen LogP contribution is 2.30. The quantitative estimate of drug-likeness (QED) is 0.368. The molecule has 0 amide bonds. The van der Waals surface area contributed by atoms with Gasteiger partial charge in [-0.15, -0.1) is 0 Å². The standard InChI is InChI=1S/C23H21ClFN5O3S/c1-12(2)30-10-16(20-22(26)27-11-28-23(20)30)21(31)14-5-4-13(3)19(8-14)29-34(32,33)15-6-7-18(25)17(24)9-15/h4-12,29H,1-3H3,(H2,26,27,28). The van der Waals surface area contributed by atoms with Gasteiger partial charge in [-0.25, -0.2) is 22.8 Å². The van der Waals surface area contributed by atoms with Crippen LogP contribution in [0, 0.1) is 12.7 Å². The third-order valence-electron chi connectivity index (χ3n) is 5.39. The number of anilines is 2. The van der Waals surface area contributed by atoms with E-state index in [2.05, 4.69) is 14.7 Å². The van der Waals surface area contributed by atoms with Crippen molar-refractivity contribution in [2.24, 2.45) is 0 Å². The molecule has 0 unspecified atom stereocenters. The fourth-order valence-corrected chi connectivity index (χ4v) is 4.94. The van der Waals surface area contributed by atoms with Crippen LogP contribution in [0.1, 0.15) is 41.4 Å². The summed E-state index contributed by atoms with van der Waals surface area (Å²) in [5.41, 5.74) is 7.93. The van der Waals surface area contributed by atoms with E-state index >= 15 is 0 Å². The fourth-order valence-electron chi connectivity index (χ4n) is 3.55. The molecule has 8 nitrogen and oxygen atoms in total. The van der Waals surface area contributed by atoms with E-state index in [1.165, 1.54) is 12.4 Å². The maximum absolute atomic E-state index is 13.5. The topological polar surface area (TPSA) is 120 Å². The number of nitrogens with one attached hydrogen (secondary N) is 1. The van der Waals surface area contributed by atoms with Gasteiger partial charge in [0.05, 0.1) is 26.6 Å². The maximum atomic E-state index is 13.5. The van der Waals surface area contributed by atoms with Gasteiger partial charge in [0, 0.05) is 17.8 Å². The van der Waals surface area contributed by atoms with Gasteiger partial charge < -0.3 is 10.3 Å². The van der Waals surface area contributed by atoms with Crippen LogP contribution in [0.5, 0.6) is 0 Å². The van der Waals surface area contributed by atoms with Gasteiger partial charge in [-0.3, -0.25) is 9.52 Å². The molecule has 0 saturated carbocycles. The SMILES string of the molecule is Cc1ccc(C(=O)c2cn(C(C)C)c3ncnc(N)c23)cc1NS(=O)(=O)c1ccc(F)c(Cl)c1. The Morgan fingerprint density at radius 2 is 1.91 bits per heavy atom. The van der Waals surface area contributed by atoms with Crippen molar-refractivity contribution in [1.82, 2.24) is 14.5 Å². The minimum Gasteiger partial charge on any atom is -0.383 e. The molecular formula is C23H21ClFN5O3S. The summed E-state index contributed by atoms with van der Waals surface area (Å²) in [5.74, 6) is -0.918. The number of rotatable bonds is 6. The summed E-state index contributed by atoms with van der Waals surface area (Å²) in [6, 6.07) is 7.79. The number of hydrogen-bond acceptors (Lipinski definition) is 6. The zero-order valence-corrected chi connectivity index (χ0v) is 20.1. The molecular weight excluding hydrogens is 481 g/mol. The first-order chi connectivity index (χ1) is 16.0. The van der Waals surface area contributed by atoms with Gasteiger partial charge in [0.25, 0.3) is 10.0 Å². The molecule has 0 aliphatic carbocycles. The van der Waals surface area contributed by atoms with E-state index in [1.807, 2.05) is 18.4 Å². The lowest BCUT2D eigenvalue weighted by atomic mass is 10.0. The van der Waals surface area contributed by atoms with Gasteiger partial charge in [0.1, 0.15) is 23.6 Å². The van der Waals surface area contributed by atoms with E-state index in [4.69, 9.17) is 17.3 Å². The summed E-state index contributed by atoms with van der Waals surface area (Å²) >= 11 is 5.74. The van der Waals surface area contributed by atoms with Crippen LogP contribution in [-0.4, -0.2) is 28.7 Å². The van der Waals surface area contributed by atoms with E-state index in [-0.39, 0.29) is 38.8 Å². The van der Waals surface area contributed by atoms with Gasteiger partial charge in [-0.05, 0) is 50.6 Å². The molecule has 4 rings (SSSR count). The molecule has 2 heterocycles. The smallest absolute Gasteiger partial charge is 0.261 e. The van der Waals surface area contributed by atoms with Crippen LogP contribution in [-0.2, 0) is 10.0 Å².